The molecule has 0 aliphatic rings. The summed E-state index contributed by atoms with van der Waals surface area (Å²) in [5.41, 5.74) is 0.931. The van der Waals surface area contributed by atoms with Crippen LogP contribution in [0.1, 0.15) is 25.3 Å². The van der Waals surface area contributed by atoms with Crippen molar-refractivity contribution in [1.82, 2.24) is 0 Å². The predicted molar refractivity (Wildman–Crippen MR) is 53.8 cm³/mol. The normalized spacial score (nSPS) is 10.5. The molecule has 0 unspecified atom stereocenters. The molecule has 1 aromatic carbocycles. The van der Waals surface area contributed by atoms with Crippen molar-refractivity contribution < 1.29 is 9.84 Å². The standard InChI is InChI=1S/C10H13ClO2/c1-6(2)7-4-5-8(13-3)10(12)9(7)11/h4-6,12H,1-3H3. The second kappa shape index (κ2) is 3.88. The molecule has 0 aliphatic heterocycles. The van der Waals surface area contributed by atoms with Gasteiger partial charge in [-0.25, -0.2) is 0 Å². The van der Waals surface area contributed by atoms with Crippen LogP contribution in [0.2, 0.25) is 5.02 Å². The Morgan fingerprint density at radius 1 is 1.38 bits per heavy atom. The molecule has 13 heavy (non-hydrogen) atoms. The van der Waals surface area contributed by atoms with E-state index >= 15 is 0 Å². The molecule has 0 aromatic heterocycles. The molecule has 0 aliphatic carbocycles. The Kier molecular flexibility index (Phi) is 3.04. The van der Waals surface area contributed by atoms with Crippen LogP contribution < -0.4 is 4.74 Å². The van der Waals surface area contributed by atoms with Crippen molar-refractivity contribution >= 4 is 11.6 Å². The number of hydrogen-bond donors (Lipinski definition) is 1. The summed E-state index contributed by atoms with van der Waals surface area (Å²) in [4.78, 5) is 0. The fourth-order valence-electron chi connectivity index (χ4n) is 1.17. The van der Waals surface area contributed by atoms with E-state index in [0.717, 1.165) is 5.56 Å². The molecule has 0 fully saturated rings. The first-order valence-corrected chi connectivity index (χ1v) is 4.51. The van der Waals surface area contributed by atoms with Gasteiger partial charge in [-0.3, -0.25) is 0 Å². The highest BCUT2D eigenvalue weighted by Gasteiger charge is 2.12. The highest BCUT2D eigenvalue weighted by Crippen LogP contribution is 2.38. The molecule has 0 heterocycles. The molecule has 0 atom stereocenters. The van der Waals surface area contributed by atoms with Gasteiger partial charge in [-0.1, -0.05) is 31.5 Å². The third-order valence-corrected chi connectivity index (χ3v) is 2.35. The fraction of sp³-hybridized carbons (Fsp3) is 0.400. The maximum atomic E-state index is 9.57. The van der Waals surface area contributed by atoms with E-state index in [1.165, 1.54) is 7.11 Å². The van der Waals surface area contributed by atoms with Gasteiger partial charge < -0.3 is 9.84 Å². The van der Waals surface area contributed by atoms with Gasteiger partial charge in [-0.05, 0) is 17.5 Å². The van der Waals surface area contributed by atoms with Crippen LogP contribution in [0.4, 0.5) is 0 Å². The van der Waals surface area contributed by atoms with E-state index in [1.54, 1.807) is 6.07 Å². The topological polar surface area (TPSA) is 29.5 Å². The van der Waals surface area contributed by atoms with E-state index < -0.39 is 0 Å². The highest BCUT2D eigenvalue weighted by molar-refractivity contribution is 6.33. The molecule has 0 amide bonds. The molecule has 0 radical (unpaired) electrons. The summed E-state index contributed by atoms with van der Waals surface area (Å²) in [6.45, 7) is 4.04. The van der Waals surface area contributed by atoms with Crippen LogP contribution >= 0.6 is 11.6 Å². The summed E-state index contributed by atoms with van der Waals surface area (Å²) in [5, 5.41) is 9.95. The van der Waals surface area contributed by atoms with Crippen LogP contribution in [0.5, 0.6) is 11.5 Å². The van der Waals surface area contributed by atoms with Crippen LogP contribution in [-0.4, -0.2) is 12.2 Å². The predicted octanol–water partition coefficient (Wildman–Crippen LogP) is 3.18. The molecule has 0 spiro atoms. The van der Waals surface area contributed by atoms with E-state index in [9.17, 15) is 5.11 Å². The van der Waals surface area contributed by atoms with Crippen molar-refractivity contribution in [3.05, 3.63) is 22.7 Å². The zero-order valence-electron chi connectivity index (χ0n) is 7.97. The number of rotatable bonds is 2. The smallest absolute Gasteiger partial charge is 0.177 e. The number of phenols is 1. The number of phenolic OH excluding ortho intramolecular Hbond substituents is 1. The SMILES string of the molecule is COc1ccc(C(C)C)c(Cl)c1O. The van der Waals surface area contributed by atoms with Crippen LogP contribution in [0.15, 0.2) is 12.1 Å². The fourth-order valence-corrected chi connectivity index (χ4v) is 1.55. The first kappa shape index (κ1) is 10.2. The number of hydrogen-bond acceptors (Lipinski definition) is 2. The minimum absolute atomic E-state index is 0.0235. The van der Waals surface area contributed by atoms with Gasteiger partial charge in [-0.15, -0.1) is 0 Å². The molecule has 0 saturated carbocycles. The van der Waals surface area contributed by atoms with Crippen molar-refractivity contribution in [2.75, 3.05) is 7.11 Å². The Hall–Kier alpha value is -0.890. The summed E-state index contributed by atoms with van der Waals surface area (Å²) in [6.07, 6.45) is 0. The second-order valence-corrected chi connectivity index (χ2v) is 3.55. The zero-order valence-corrected chi connectivity index (χ0v) is 8.72. The van der Waals surface area contributed by atoms with E-state index in [1.807, 2.05) is 19.9 Å². The van der Waals surface area contributed by atoms with Crippen molar-refractivity contribution in [1.29, 1.82) is 0 Å². The lowest BCUT2D eigenvalue weighted by molar-refractivity contribution is 0.373. The van der Waals surface area contributed by atoms with Crippen LogP contribution in [-0.2, 0) is 0 Å². The number of methoxy groups -OCH3 is 1. The monoisotopic (exact) mass is 200 g/mol. The summed E-state index contributed by atoms with van der Waals surface area (Å²) < 4.78 is 4.93. The lowest BCUT2D eigenvalue weighted by Crippen LogP contribution is -1.91. The quantitative estimate of drug-likeness (QED) is 0.795. The van der Waals surface area contributed by atoms with Gasteiger partial charge in [0.15, 0.2) is 11.5 Å². The first-order valence-electron chi connectivity index (χ1n) is 4.13. The minimum atomic E-state index is 0.0235. The Morgan fingerprint density at radius 3 is 2.46 bits per heavy atom. The molecule has 2 nitrogen and oxygen atoms in total. The van der Waals surface area contributed by atoms with Gasteiger partial charge in [0.05, 0.1) is 12.1 Å². The largest absolute Gasteiger partial charge is 0.503 e. The maximum absolute atomic E-state index is 9.57. The Bertz CT molecular complexity index is 308. The molecule has 72 valence electrons. The number of ether oxygens (including phenoxy) is 1. The lowest BCUT2D eigenvalue weighted by atomic mass is 10.0. The van der Waals surface area contributed by atoms with Crippen molar-refractivity contribution in [2.45, 2.75) is 19.8 Å². The molecule has 0 saturated heterocycles. The molecule has 1 rings (SSSR count). The van der Waals surface area contributed by atoms with Crippen molar-refractivity contribution in [3.63, 3.8) is 0 Å². The number of benzene rings is 1. The molecular formula is C10H13ClO2. The van der Waals surface area contributed by atoms with Gasteiger partial charge in [0.2, 0.25) is 0 Å². The van der Waals surface area contributed by atoms with Gasteiger partial charge in [0.1, 0.15) is 0 Å². The average Bonchev–Trinajstić information content (AvgIpc) is 2.09. The average molecular weight is 201 g/mol. The van der Waals surface area contributed by atoms with E-state index in [0.29, 0.717) is 16.7 Å². The third-order valence-electron chi connectivity index (χ3n) is 1.95. The van der Waals surface area contributed by atoms with Crippen molar-refractivity contribution in [2.24, 2.45) is 0 Å². The lowest BCUT2D eigenvalue weighted by Gasteiger charge is -2.11. The Balaban J connectivity index is 3.23. The Morgan fingerprint density at radius 2 is 2.00 bits per heavy atom. The summed E-state index contributed by atoms with van der Waals surface area (Å²) in [6, 6.07) is 3.59. The molecular weight excluding hydrogens is 188 g/mol. The molecule has 3 heteroatoms. The van der Waals surface area contributed by atoms with Gasteiger partial charge in [0.25, 0.3) is 0 Å². The van der Waals surface area contributed by atoms with Gasteiger partial charge in [0, 0.05) is 0 Å². The van der Waals surface area contributed by atoms with E-state index in [2.05, 4.69) is 0 Å². The third kappa shape index (κ3) is 1.89. The summed E-state index contributed by atoms with van der Waals surface area (Å²) in [7, 11) is 1.50. The second-order valence-electron chi connectivity index (χ2n) is 3.17. The molecule has 1 aromatic rings. The van der Waals surface area contributed by atoms with Gasteiger partial charge in [-0.2, -0.15) is 0 Å². The maximum Gasteiger partial charge on any atom is 0.177 e. The summed E-state index contributed by atoms with van der Waals surface area (Å²) >= 11 is 5.94. The zero-order chi connectivity index (χ0) is 10.0. The summed E-state index contributed by atoms with van der Waals surface area (Å²) in [5.74, 6) is 0.731. The van der Waals surface area contributed by atoms with E-state index in [4.69, 9.17) is 16.3 Å². The number of halogens is 1. The van der Waals surface area contributed by atoms with Gasteiger partial charge >= 0.3 is 0 Å². The molecule has 1 N–H and O–H groups in total. The highest BCUT2D eigenvalue weighted by atomic mass is 35.5. The number of aromatic hydroxyl groups is 1. The Labute approximate surface area is 83.1 Å². The molecule has 0 bridgehead atoms. The first-order chi connectivity index (χ1) is 6.07. The van der Waals surface area contributed by atoms with Crippen molar-refractivity contribution in [3.8, 4) is 11.5 Å². The van der Waals surface area contributed by atoms with Crippen LogP contribution in [0.25, 0.3) is 0 Å². The van der Waals surface area contributed by atoms with Crippen LogP contribution in [0.3, 0.4) is 0 Å². The van der Waals surface area contributed by atoms with E-state index in [-0.39, 0.29) is 5.75 Å². The van der Waals surface area contributed by atoms with Crippen LogP contribution in [0, 0.1) is 0 Å². The minimum Gasteiger partial charge on any atom is -0.503 e.